The van der Waals surface area contributed by atoms with Gasteiger partial charge in [0.15, 0.2) is 0 Å². The second-order valence-electron chi connectivity index (χ2n) is 3.72. The number of hydrogen-bond acceptors (Lipinski definition) is 3. The average Bonchev–Trinajstić information content (AvgIpc) is 2.37. The Balaban J connectivity index is 2.25. The Labute approximate surface area is 109 Å². The van der Waals surface area contributed by atoms with Crippen LogP contribution in [0.3, 0.4) is 0 Å². The van der Waals surface area contributed by atoms with Crippen LogP contribution < -0.4 is 0 Å². The van der Waals surface area contributed by atoms with Crippen molar-refractivity contribution in [2.75, 3.05) is 0 Å². The normalized spacial score (nSPS) is 9.05. The lowest BCUT2D eigenvalue weighted by Gasteiger charge is -1.96. The summed E-state index contributed by atoms with van der Waals surface area (Å²) in [7, 11) is 0. The van der Waals surface area contributed by atoms with Crippen molar-refractivity contribution >= 4 is 5.69 Å². The van der Waals surface area contributed by atoms with Gasteiger partial charge in [-0.1, -0.05) is 29.1 Å². The third kappa shape index (κ3) is 3.43. The van der Waals surface area contributed by atoms with Crippen molar-refractivity contribution in [3.05, 3.63) is 64.0 Å². The van der Waals surface area contributed by atoms with Gasteiger partial charge in [0.2, 0.25) is 0 Å². The molecule has 0 spiro atoms. The molecule has 0 aliphatic carbocycles. The molecule has 92 valence electrons. The van der Waals surface area contributed by atoms with E-state index in [1.165, 1.54) is 18.2 Å². The molecule has 2 rings (SSSR count). The van der Waals surface area contributed by atoms with Gasteiger partial charge < -0.3 is 10.2 Å². The van der Waals surface area contributed by atoms with E-state index < -0.39 is 0 Å². The third-order valence-corrected chi connectivity index (χ3v) is 2.28. The molecular formula is C14H9N3O2. The second kappa shape index (κ2) is 5.50. The van der Waals surface area contributed by atoms with E-state index >= 15 is 0 Å². The number of rotatable bonds is 1. The van der Waals surface area contributed by atoms with Gasteiger partial charge in [0, 0.05) is 27.8 Å². The van der Waals surface area contributed by atoms with Gasteiger partial charge in [0.05, 0.1) is 0 Å². The van der Waals surface area contributed by atoms with E-state index in [4.69, 9.17) is 5.53 Å². The van der Waals surface area contributed by atoms with Gasteiger partial charge in [0.25, 0.3) is 0 Å². The summed E-state index contributed by atoms with van der Waals surface area (Å²) in [5, 5.41) is 22.1. The monoisotopic (exact) mass is 251 g/mol. The summed E-state index contributed by atoms with van der Waals surface area (Å²) in [6.07, 6.45) is 0. The first-order chi connectivity index (χ1) is 9.17. The van der Waals surface area contributed by atoms with Crippen molar-refractivity contribution < 1.29 is 10.2 Å². The number of phenolic OH excluding ortho intramolecular Hbond substituents is 2. The minimum absolute atomic E-state index is 0.0389. The number of aromatic hydroxyl groups is 2. The lowest BCUT2D eigenvalue weighted by Crippen LogP contribution is -1.76. The van der Waals surface area contributed by atoms with Crippen LogP contribution in [0.5, 0.6) is 11.5 Å². The van der Waals surface area contributed by atoms with Crippen LogP contribution in [0.4, 0.5) is 5.69 Å². The average molecular weight is 251 g/mol. The van der Waals surface area contributed by atoms with Crippen molar-refractivity contribution in [1.29, 1.82) is 0 Å². The van der Waals surface area contributed by atoms with Gasteiger partial charge >= 0.3 is 0 Å². The summed E-state index contributed by atoms with van der Waals surface area (Å²) >= 11 is 0. The predicted molar refractivity (Wildman–Crippen MR) is 71.0 cm³/mol. The van der Waals surface area contributed by atoms with E-state index in [2.05, 4.69) is 21.9 Å². The summed E-state index contributed by atoms with van der Waals surface area (Å²) < 4.78 is 0. The Morgan fingerprint density at radius 1 is 0.895 bits per heavy atom. The molecule has 0 saturated carbocycles. The first-order valence-corrected chi connectivity index (χ1v) is 5.37. The van der Waals surface area contributed by atoms with Gasteiger partial charge in [-0.15, -0.1) is 0 Å². The molecule has 0 fully saturated rings. The number of azide groups is 1. The number of phenols is 2. The van der Waals surface area contributed by atoms with Crippen molar-refractivity contribution in [2.45, 2.75) is 0 Å². The molecule has 0 amide bonds. The summed E-state index contributed by atoms with van der Waals surface area (Å²) in [6, 6.07) is 10.9. The fourth-order valence-electron chi connectivity index (χ4n) is 1.47. The highest BCUT2D eigenvalue weighted by Gasteiger charge is 1.95. The summed E-state index contributed by atoms with van der Waals surface area (Å²) in [4.78, 5) is 2.68. The molecule has 2 aromatic rings. The number of nitrogens with zero attached hydrogens (tertiary/aromatic N) is 3. The second-order valence-corrected chi connectivity index (χ2v) is 3.72. The molecule has 0 radical (unpaired) electrons. The molecule has 0 aromatic heterocycles. The zero-order valence-corrected chi connectivity index (χ0v) is 9.78. The fraction of sp³-hybridized carbons (Fsp3) is 0. The minimum atomic E-state index is -0.0389. The van der Waals surface area contributed by atoms with E-state index in [0.29, 0.717) is 11.3 Å². The lowest BCUT2D eigenvalue weighted by molar-refractivity contribution is 0.450. The molecule has 19 heavy (non-hydrogen) atoms. The summed E-state index contributed by atoms with van der Waals surface area (Å²) in [6.45, 7) is 0. The molecule has 0 atom stereocenters. The molecule has 2 N–H and O–H groups in total. The SMILES string of the molecule is [N-]=[N+]=Nc1ccc(C#Cc2cc(O)cc(O)c2)cc1. The molecule has 0 saturated heterocycles. The van der Waals surface area contributed by atoms with E-state index in [9.17, 15) is 10.2 Å². The highest BCUT2D eigenvalue weighted by atomic mass is 16.3. The Morgan fingerprint density at radius 3 is 2.05 bits per heavy atom. The standard InChI is InChI=1S/C14H9N3O2/c15-17-16-12-5-3-10(4-6-12)1-2-11-7-13(18)9-14(19)8-11/h3-9,18-19H. The molecule has 0 aliphatic rings. The molecular weight excluding hydrogens is 242 g/mol. The Bertz CT molecular complexity index is 685. The van der Waals surface area contributed by atoms with Gasteiger partial charge in [-0.3, -0.25) is 0 Å². The van der Waals surface area contributed by atoms with Crippen LogP contribution in [0.2, 0.25) is 0 Å². The van der Waals surface area contributed by atoms with Crippen LogP contribution in [0.15, 0.2) is 47.6 Å². The number of benzene rings is 2. The van der Waals surface area contributed by atoms with Crippen LogP contribution in [-0.2, 0) is 0 Å². The summed E-state index contributed by atoms with van der Waals surface area (Å²) in [5.41, 5.74) is 10.0. The number of hydrogen-bond donors (Lipinski definition) is 2. The maximum atomic E-state index is 9.31. The van der Waals surface area contributed by atoms with E-state index in [0.717, 1.165) is 5.56 Å². The molecule has 0 unspecified atom stereocenters. The van der Waals surface area contributed by atoms with Crippen molar-refractivity contribution in [2.24, 2.45) is 5.11 Å². The van der Waals surface area contributed by atoms with Crippen LogP contribution in [0, 0.1) is 11.8 Å². The van der Waals surface area contributed by atoms with Gasteiger partial charge in [-0.2, -0.15) is 0 Å². The maximum Gasteiger partial charge on any atom is 0.120 e. The van der Waals surface area contributed by atoms with Crippen molar-refractivity contribution in [3.63, 3.8) is 0 Å². The molecule has 0 heterocycles. The van der Waals surface area contributed by atoms with E-state index in [-0.39, 0.29) is 11.5 Å². The Kier molecular flexibility index (Phi) is 3.58. The first-order valence-electron chi connectivity index (χ1n) is 5.37. The Hall–Kier alpha value is -3.09. The zero-order valence-electron chi connectivity index (χ0n) is 9.78. The molecule has 2 aromatic carbocycles. The van der Waals surface area contributed by atoms with Crippen LogP contribution in [0.25, 0.3) is 10.4 Å². The largest absolute Gasteiger partial charge is 0.508 e. The zero-order chi connectivity index (χ0) is 13.7. The van der Waals surface area contributed by atoms with Crippen molar-refractivity contribution in [3.8, 4) is 23.3 Å². The molecule has 5 heteroatoms. The quantitative estimate of drug-likeness (QED) is 0.352. The first kappa shape index (κ1) is 12.4. The smallest absolute Gasteiger partial charge is 0.120 e. The fourth-order valence-corrected chi connectivity index (χ4v) is 1.47. The predicted octanol–water partition coefficient (Wildman–Crippen LogP) is 3.44. The third-order valence-electron chi connectivity index (χ3n) is 2.28. The maximum absolute atomic E-state index is 9.31. The molecule has 0 bridgehead atoms. The minimum Gasteiger partial charge on any atom is -0.508 e. The van der Waals surface area contributed by atoms with Crippen molar-refractivity contribution in [1.82, 2.24) is 0 Å². The summed E-state index contributed by atoms with van der Waals surface area (Å²) in [5.74, 6) is 5.62. The van der Waals surface area contributed by atoms with Gasteiger partial charge in [0.1, 0.15) is 11.5 Å². The van der Waals surface area contributed by atoms with Gasteiger partial charge in [-0.25, -0.2) is 0 Å². The molecule has 0 aliphatic heterocycles. The van der Waals surface area contributed by atoms with Gasteiger partial charge in [-0.05, 0) is 29.8 Å². The Morgan fingerprint density at radius 2 is 1.47 bits per heavy atom. The van der Waals surface area contributed by atoms with E-state index in [1.54, 1.807) is 24.3 Å². The lowest BCUT2D eigenvalue weighted by atomic mass is 10.1. The topological polar surface area (TPSA) is 89.2 Å². The van der Waals surface area contributed by atoms with Crippen LogP contribution >= 0.6 is 0 Å². The highest BCUT2D eigenvalue weighted by Crippen LogP contribution is 2.19. The van der Waals surface area contributed by atoms with Crippen LogP contribution in [-0.4, -0.2) is 10.2 Å². The molecule has 5 nitrogen and oxygen atoms in total. The highest BCUT2D eigenvalue weighted by molar-refractivity contribution is 5.50. The van der Waals surface area contributed by atoms with E-state index in [1.807, 2.05) is 0 Å². The van der Waals surface area contributed by atoms with Crippen LogP contribution in [0.1, 0.15) is 11.1 Å².